The number of anilines is 2. The highest BCUT2D eigenvalue weighted by atomic mass is 19.1. The van der Waals surface area contributed by atoms with E-state index in [9.17, 15) is 14.4 Å². The van der Waals surface area contributed by atoms with Crippen LogP contribution in [0.2, 0.25) is 0 Å². The van der Waals surface area contributed by atoms with Crippen LogP contribution < -0.4 is 26.8 Å². The van der Waals surface area contributed by atoms with Crippen molar-refractivity contribution in [1.82, 2.24) is 15.3 Å². The number of amidine groups is 1. The molecule has 1 unspecified atom stereocenters. The molecule has 0 saturated carbocycles. The SMILES string of the molecule is CN/C(C#N)=C1\C(N)=N\C(=O)Nc2ccc(F)cc2C(C)Oc2nc1cnc2N. The second kappa shape index (κ2) is 7.81. The number of hydrogen-bond donors (Lipinski definition) is 4. The van der Waals surface area contributed by atoms with E-state index in [1.807, 2.05) is 6.07 Å². The molecule has 6 N–H and O–H groups in total. The summed E-state index contributed by atoms with van der Waals surface area (Å²) >= 11 is 0. The quantitative estimate of drug-likeness (QED) is 0.529. The lowest BCUT2D eigenvalue weighted by atomic mass is 10.1. The number of rotatable bonds is 1. The minimum atomic E-state index is -0.822. The van der Waals surface area contributed by atoms with Gasteiger partial charge in [-0.1, -0.05) is 0 Å². The average Bonchev–Trinajstić information content (AvgIpc) is 2.68. The molecule has 2 heterocycles. The first kappa shape index (κ1) is 19.6. The monoisotopic (exact) mass is 396 g/mol. The van der Waals surface area contributed by atoms with Crippen molar-refractivity contribution in [2.75, 3.05) is 18.1 Å². The van der Waals surface area contributed by atoms with Gasteiger partial charge in [-0.05, 0) is 25.1 Å². The smallest absolute Gasteiger partial charge is 0.347 e. The van der Waals surface area contributed by atoms with Crippen LogP contribution in [0, 0.1) is 17.1 Å². The molecular formula is C18H17FN8O2. The fourth-order valence-corrected chi connectivity index (χ4v) is 2.74. The standard InChI is InChI=1S/C18H17FN8O2/c1-8-10-5-9(19)3-4-11(10)26-18(28)27-15(21)14(12(6-20)23-2)13-7-24-16(22)17(25-13)29-8/h3-5,7-8,23H,1-2H3,(H2,22,24)(H3,21,26,27,28)/b14-12-. The molecule has 0 saturated heterocycles. The van der Waals surface area contributed by atoms with Gasteiger partial charge in [0.2, 0.25) is 0 Å². The summed E-state index contributed by atoms with van der Waals surface area (Å²) in [6.45, 7) is 1.63. The van der Waals surface area contributed by atoms with Crippen LogP contribution in [0.5, 0.6) is 5.88 Å². The number of aliphatic imine (C=N–C) groups is 1. The first-order valence-corrected chi connectivity index (χ1v) is 8.40. The maximum absolute atomic E-state index is 13.8. The number of benzene rings is 1. The fraction of sp³-hybridized carbons (Fsp3) is 0.167. The van der Waals surface area contributed by atoms with E-state index < -0.39 is 18.0 Å². The van der Waals surface area contributed by atoms with Gasteiger partial charge in [0.05, 0.1) is 17.5 Å². The summed E-state index contributed by atoms with van der Waals surface area (Å²) in [5.41, 5.74) is 12.6. The van der Waals surface area contributed by atoms with E-state index in [2.05, 4.69) is 25.6 Å². The van der Waals surface area contributed by atoms with Crippen LogP contribution in [0.25, 0.3) is 5.57 Å². The van der Waals surface area contributed by atoms with Gasteiger partial charge in [0.25, 0.3) is 5.88 Å². The van der Waals surface area contributed by atoms with Crippen molar-refractivity contribution >= 4 is 28.9 Å². The van der Waals surface area contributed by atoms with Gasteiger partial charge in [0.15, 0.2) is 5.82 Å². The molecule has 2 aromatic rings. The summed E-state index contributed by atoms with van der Waals surface area (Å²) in [5.74, 6) is -0.863. The van der Waals surface area contributed by atoms with Crippen molar-refractivity contribution in [3.63, 3.8) is 0 Å². The lowest BCUT2D eigenvalue weighted by Gasteiger charge is -2.20. The van der Waals surface area contributed by atoms with Gasteiger partial charge in [-0.25, -0.2) is 19.2 Å². The first-order valence-electron chi connectivity index (χ1n) is 8.40. The molecule has 1 aromatic heterocycles. The normalized spacial score (nSPS) is 19.7. The molecule has 2 amide bonds. The molecule has 148 valence electrons. The third-order valence-electron chi connectivity index (χ3n) is 4.09. The predicted octanol–water partition coefficient (Wildman–Crippen LogP) is 1.69. The topological polar surface area (TPSA) is 164 Å². The zero-order valence-corrected chi connectivity index (χ0v) is 15.5. The molecule has 1 atom stereocenters. The fourth-order valence-electron chi connectivity index (χ4n) is 2.74. The Balaban J connectivity index is 2.28. The maximum Gasteiger partial charge on any atom is 0.347 e. The highest BCUT2D eigenvalue weighted by Gasteiger charge is 2.23. The molecule has 0 fully saturated rings. The molecule has 0 radical (unpaired) electrons. The molecule has 3 rings (SSSR count). The Hall–Kier alpha value is -4.20. The van der Waals surface area contributed by atoms with E-state index in [1.165, 1.54) is 31.4 Å². The number of nitrogens with one attached hydrogen (secondary N) is 2. The number of aromatic nitrogens is 2. The van der Waals surface area contributed by atoms with Crippen LogP contribution in [-0.2, 0) is 0 Å². The molecule has 1 aliphatic rings. The Kier molecular flexibility index (Phi) is 5.27. The Morgan fingerprint density at radius 3 is 2.86 bits per heavy atom. The molecule has 0 aliphatic carbocycles. The Bertz CT molecular complexity index is 1090. The number of nitrogens with two attached hydrogens (primary N) is 2. The van der Waals surface area contributed by atoms with Gasteiger partial charge in [-0.2, -0.15) is 10.3 Å². The van der Waals surface area contributed by atoms with Crippen molar-refractivity contribution in [2.24, 2.45) is 10.7 Å². The van der Waals surface area contributed by atoms with Crippen LogP contribution in [-0.4, -0.2) is 28.9 Å². The van der Waals surface area contributed by atoms with Crippen molar-refractivity contribution in [3.05, 3.63) is 47.2 Å². The first-order chi connectivity index (χ1) is 13.8. The average molecular weight is 396 g/mol. The molecular weight excluding hydrogens is 379 g/mol. The summed E-state index contributed by atoms with van der Waals surface area (Å²) < 4.78 is 19.6. The minimum absolute atomic E-state index is 0.0108. The summed E-state index contributed by atoms with van der Waals surface area (Å²) in [4.78, 5) is 24.5. The number of hydrogen-bond acceptors (Lipinski definition) is 8. The lowest BCUT2D eigenvalue weighted by molar-refractivity contribution is 0.218. The molecule has 11 heteroatoms. The highest BCUT2D eigenvalue weighted by molar-refractivity contribution is 6.25. The number of carbonyl (C=O) groups excluding carboxylic acids is 1. The Labute approximate surface area is 165 Å². The highest BCUT2D eigenvalue weighted by Crippen LogP contribution is 2.31. The maximum atomic E-state index is 13.8. The molecule has 2 bridgehead atoms. The summed E-state index contributed by atoms with van der Waals surface area (Å²) in [6, 6.07) is 4.87. The van der Waals surface area contributed by atoms with Crippen LogP contribution in [0.4, 0.5) is 20.7 Å². The summed E-state index contributed by atoms with van der Waals surface area (Å²) in [7, 11) is 1.50. The summed E-state index contributed by atoms with van der Waals surface area (Å²) in [5, 5.41) is 14.6. The lowest BCUT2D eigenvalue weighted by Crippen LogP contribution is -2.24. The van der Waals surface area contributed by atoms with Gasteiger partial charge in [-0.3, -0.25) is 0 Å². The van der Waals surface area contributed by atoms with Gasteiger partial charge >= 0.3 is 6.03 Å². The Morgan fingerprint density at radius 1 is 1.41 bits per heavy atom. The van der Waals surface area contributed by atoms with Gasteiger partial charge in [0.1, 0.15) is 29.5 Å². The molecule has 10 nitrogen and oxygen atoms in total. The van der Waals surface area contributed by atoms with E-state index in [1.54, 1.807) is 6.92 Å². The van der Waals surface area contributed by atoms with Crippen molar-refractivity contribution < 1.29 is 13.9 Å². The van der Waals surface area contributed by atoms with Crippen molar-refractivity contribution in [1.29, 1.82) is 5.26 Å². The number of halogens is 1. The van der Waals surface area contributed by atoms with Crippen LogP contribution in [0.1, 0.15) is 24.3 Å². The number of nitrogens with zero attached hydrogens (tertiary/aromatic N) is 4. The molecule has 1 aliphatic heterocycles. The van der Waals surface area contributed by atoms with Crippen molar-refractivity contribution in [2.45, 2.75) is 13.0 Å². The number of nitrogen functional groups attached to an aromatic ring is 1. The second-order valence-corrected chi connectivity index (χ2v) is 5.98. The molecule has 1 aromatic carbocycles. The zero-order chi connectivity index (χ0) is 21.1. The van der Waals surface area contributed by atoms with Gasteiger partial charge in [-0.15, -0.1) is 0 Å². The van der Waals surface area contributed by atoms with Crippen LogP contribution in [0.15, 0.2) is 35.1 Å². The minimum Gasteiger partial charge on any atom is -0.467 e. The van der Waals surface area contributed by atoms with Crippen LogP contribution >= 0.6 is 0 Å². The molecule has 0 spiro atoms. The van der Waals surface area contributed by atoms with E-state index >= 15 is 0 Å². The number of amides is 2. The van der Waals surface area contributed by atoms with Gasteiger partial charge < -0.3 is 26.8 Å². The number of fused-ring (bicyclic) bond motifs is 3. The van der Waals surface area contributed by atoms with Gasteiger partial charge in [0, 0.05) is 18.3 Å². The van der Waals surface area contributed by atoms with E-state index in [0.717, 1.165) is 0 Å². The predicted molar refractivity (Wildman–Crippen MR) is 104 cm³/mol. The van der Waals surface area contributed by atoms with E-state index in [0.29, 0.717) is 5.56 Å². The number of nitriles is 1. The van der Waals surface area contributed by atoms with E-state index in [-0.39, 0.29) is 40.2 Å². The number of urea groups is 1. The third-order valence-corrected chi connectivity index (χ3v) is 4.09. The second-order valence-electron chi connectivity index (χ2n) is 5.98. The number of allylic oxidation sites excluding steroid dienone is 1. The summed E-state index contributed by atoms with van der Waals surface area (Å²) in [6.07, 6.45) is 0.525. The molecule has 29 heavy (non-hydrogen) atoms. The van der Waals surface area contributed by atoms with Crippen LogP contribution in [0.3, 0.4) is 0 Å². The zero-order valence-electron chi connectivity index (χ0n) is 15.5. The number of ether oxygens (including phenoxy) is 1. The largest absolute Gasteiger partial charge is 0.467 e. The van der Waals surface area contributed by atoms with Crippen molar-refractivity contribution in [3.8, 4) is 11.9 Å². The van der Waals surface area contributed by atoms with E-state index in [4.69, 9.17) is 16.2 Å². The third kappa shape index (κ3) is 3.91. The Morgan fingerprint density at radius 2 is 2.17 bits per heavy atom. The number of carbonyl (C=O) groups is 1.